The second-order valence-electron chi connectivity index (χ2n) is 2.58. The van der Waals surface area contributed by atoms with E-state index in [-0.39, 0.29) is 6.61 Å². The molecule has 0 heterocycles. The van der Waals surface area contributed by atoms with Crippen LogP contribution in [0.3, 0.4) is 0 Å². The van der Waals surface area contributed by atoms with E-state index in [0.717, 1.165) is 0 Å². The maximum absolute atomic E-state index is 10.3. The maximum atomic E-state index is 10.3. The summed E-state index contributed by atoms with van der Waals surface area (Å²) < 4.78 is 22.7. The van der Waals surface area contributed by atoms with E-state index in [9.17, 15) is 8.42 Å². The van der Waals surface area contributed by atoms with Crippen molar-refractivity contribution in [1.82, 2.24) is 4.72 Å². The van der Waals surface area contributed by atoms with Crippen LogP contribution in [-0.4, -0.2) is 25.7 Å². The third kappa shape index (κ3) is 4.99. The Hall–Kier alpha value is 0.160. The first-order valence-corrected chi connectivity index (χ1v) is 4.92. The van der Waals surface area contributed by atoms with E-state index in [1.165, 1.54) is 13.8 Å². The second kappa shape index (κ2) is 3.04. The Kier molecular flexibility index (Phi) is 3.09. The molecule has 0 saturated heterocycles. The minimum absolute atomic E-state index is 0.293. The zero-order chi connectivity index (χ0) is 8.41. The molecule has 0 radical (unpaired) electrons. The van der Waals surface area contributed by atoms with Crippen LogP contribution in [-0.2, 0) is 9.24 Å². The molecule has 10 heavy (non-hydrogen) atoms. The second-order valence-corrected chi connectivity index (χ2v) is 4.88. The number of halogens is 1. The van der Waals surface area contributed by atoms with Crippen molar-refractivity contribution in [3.63, 3.8) is 0 Å². The minimum atomic E-state index is -3.73. The summed E-state index contributed by atoms with van der Waals surface area (Å²) >= 11 is 0. The van der Waals surface area contributed by atoms with Gasteiger partial charge in [-0.15, -0.1) is 0 Å². The maximum Gasteiger partial charge on any atom is 0.297 e. The summed E-state index contributed by atoms with van der Waals surface area (Å²) in [4.78, 5) is 0. The minimum Gasteiger partial charge on any atom is -0.394 e. The molecule has 4 nitrogen and oxygen atoms in total. The Labute approximate surface area is 64.7 Å². The number of hydrogen-bond donors (Lipinski definition) is 2. The van der Waals surface area contributed by atoms with Gasteiger partial charge < -0.3 is 5.11 Å². The van der Waals surface area contributed by atoms with Crippen molar-refractivity contribution >= 4 is 19.9 Å². The van der Waals surface area contributed by atoms with Gasteiger partial charge in [0.2, 0.25) is 0 Å². The smallest absolute Gasteiger partial charge is 0.297 e. The quantitative estimate of drug-likeness (QED) is 0.603. The molecule has 0 aromatic heterocycles. The molecule has 0 rings (SSSR count). The van der Waals surface area contributed by atoms with Crippen molar-refractivity contribution in [3.8, 4) is 0 Å². The van der Waals surface area contributed by atoms with Crippen LogP contribution < -0.4 is 4.72 Å². The van der Waals surface area contributed by atoms with Crippen molar-refractivity contribution in [2.24, 2.45) is 0 Å². The highest BCUT2D eigenvalue weighted by Gasteiger charge is 2.21. The van der Waals surface area contributed by atoms with E-state index in [2.05, 4.69) is 0 Å². The number of aliphatic hydroxyl groups excluding tert-OH is 1. The highest BCUT2D eigenvalue weighted by atomic mass is 35.7. The molecule has 0 aromatic rings. The summed E-state index contributed by atoms with van der Waals surface area (Å²) in [6, 6.07) is 0. The van der Waals surface area contributed by atoms with Gasteiger partial charge in [0, 0.05) is 10.7 Å². The Bertz CT molecular complexity index is 199. The predicted molar refractivity (Wildman–Crippen MR) is 39.1 cm³/mol. The molecule has 0 aromatic carbocycles. The molecule has 2 N–H and O–H groups in total. The fraction of sp³-hybridized carbons (Fsp3) is 1.00. The molecule has 0 aliphatic carbocycles. The first kappa shape index (κ1) is 10.2. The average Bonchev–Trinajstić information content (AvgIpc) is 1.60. The van der Waals surface area contributed by atoms with Crippen LogP contribution in [0, 0.1) is 0 Å². The van der Waals surface area contributed by atoms with Crippen molar-refractivity contribution in [3.05, 3.63) is 0 Å². The molecule has 0 aliphatic heterocycles. The monoisotopic (exact) mass is 187 g/mol. The average molecular weight is 188 g/mol. The zero-order valence-corrected chi connectivity index (χ0v) is 7.33. The first-order valence-electron chi connectivity index (χ1n) is 2.61. The molecular weight excluding hydrogens is 178 g/mol. The Morgan fingerprint density at radius 2 is 2.00 bits per heavy atom. The zero-order valence-electron chi connectivity index (χ0n) is 5.76. The van der Waals surface area contributed by atoms with Gasteiger partial charge in [0.1, 0.15) is 0 Å². The van der Waals surface area contributed by atoms with E-state index in [1.54, 1.807) is 0 Å². The largest absolute Gasteiger partial charge is 0.394 e. The van der Waals surface area contributed by atoms with Crippen LogP contribution >= 0.6 is 10.7 Å². The number of hydrogen-bond acceptors (Lipinski definition) is 3. The molecule has 0 unspecified atom stereocenters. The molecule has 0 fully saturated rings. The lowest BCUT2D eigenvalue weighted by atomic mass is 10.1. The summed E-state index contributed by atoms with van der Waals surface area (Å²) in [5.74, 6) is 0. The van der Waals surface area contributed by atoms with Gasteiger partial charge >= 0.3 is 0 Å². The van der Waals surface area contributed by atoms with Crippen molar-refractivity contribution < 1.29 is 13.5 Å². The van der Waals surface area contributed by atoms with Gasteiger partial charge in [0.25, 0.3) is 9.24 Å². The van der Waals surface area contributed by atoms with E-state index < -0.39 is 14.8 Å². The van der Waals surface area contributed by atoms with E-state index in [0.29, 0.717) is 0 Å². The van der Waals surface area contributed by atoms with Gasteiger partial charge in [0.05, 0.1) is 12.1 Å². The van der Waals surface area contributed by atoms with Gasteiger partial charge in [-0.1, -0.05) is 0 Å². The fourth-order valence-electron chi connectivity index (χ4n) is 0.362. The first-order chi connectivity index (χ1) is 4.27. The molecule has 0 amide bonds. The van der Waals surface area contributed by atoms with Gasteiger partial charge in [-0.25, -0.2) is 0 Å². The summed E-state index contributed by atoms with van der Waals surface area (Å²) in [6.07, 6.45) is 0. The Morgan fingerprint density at radius 1 is 1.60 bits per heavy atom. The highest BCUT2D eigenvalue weighted by molar-refractivity contribution is 8.12. The van der Waals surface area contributed by atoms with Crippen molar-refractivity contribution in [2.45, 2.75) is 19.4 Å². The summed E-state index contributed by atoms with van der Waals surface area (Å²) in [6.45, 7) is 2.75. The van der Waals surface area contributed by atoms with Crippen LogP contribution in [0.2, 0.25) is 0 Å². The van der Waals surface area contributed by atoms with Crippen LogP contribution in [0.15, 0.2) is 0 Å². The molecule has 0 atom stereocenters. The topological polar surface area (TPSA) is 66.4 Å². The van der Waals surface area contributed by atoms with Crippen molar-refractivity contribution in [2.75, 3.05) is 6.61 Å². The summed E-state index contributed by atoms with van der Waals surface area (Å²) in [7, 11) is 1.11. The fourth-order valence-corrected chi connectivity index (χ4v) is 1.71. The summed E-state index contributed by atoms with van der Waals surface area (Å²) in [5.41, 5.74) is -0.888. The lowest BCUT2D eigenvalue weighted by Gasteiger charge is -2.20. The predicted octanol–water partition coefficient (Wildman–Crippen LogP) is -0.169. The molecular formula is C4H10ClNO3S. The van der Waals surface area contributed by atoms with Gasteiger partial charge in [-0.05, 0) is 13.8 Å². The van der Waals surface area contributed by atoms with Gasteiger partial charge in [-0.3, -0.25) is 0 Å². The van der Waals surface area contributed by atoms with Crippen LogP contribution in [0.1, 0.15) is 13.8 Å². The van der Waals surface area contributed by atoms with Gasteiger partial charge in [0.15, 0.2) is 0 Å². The number of aliphatic hydroxyl groups is 1. The molecule has 0 spiro atoms. The van der Waals surface area contributed by atoms with Crippen LogP contribution in [0.5, 0.6) is 0 Å². The van der Waals surface area contributed by atoms with E-state index in [4.69, 9.17) is 15.8 Å². The van der Waals surface area contributed by atoms with E-state index in [1.807, 2.05) is 4.72 Å². The van der Waals surface area contributed by atoms with Crippen LogP contribution in [0.25, 0.3) is 0 Å². The SMILES string of the molecule is CC(C)(CO)NS(=O)(=O)Cl. The third-order valence-electron chi connectivity index (χ3n) is 0.793. The van der Waals surface area contributed by atoms with Crippen LogP contribution in [0.4, 0.5) is 0 Å². The summed E-state index contributed by atoms with van der Waals surface area (Å²) in [5, 5.41) is 8.57. The molecule has 0 bridgehead atoms. The third-order valence-corrected chi connectivity index (χ3v) is 1.82. The number of rotatable bonds is 3. The molecule has 62 valence electrons. The molecule has 0 saturated carbocycles. The normalized spacial score (nSPS) is 13.6. The highest BCUT2D eigenvalue weighted by Crippen LogP contribution is 2.04. The number of nitrogens with one attached hydrogen (secondary N) is 1. The van der Waals surface area contributed by atoms with E-state index >= 15 is 0 Å². The van der Waals surface area contributed by atoms with Crippen molar-refractivity contribution in [1.29, 1.82) is 0 Å². The molecule has 0 aliphatic rings. The Morgan fingerprint density at radius 3 is 2.10 bits per heavy atom. The lowest BCUT2D eigenvalue weighted by Crippen LogP contribution is -2.44. The standard InChI is InChI=1S/C4H10ClNO3S/c1-4(2,3-7)6-10(5,8)9/h6-7H,3H2,1-2H3. The van der Waals surface area contributed by atoms with Gasteiger partial charge in [-0.2, -0.15) is 13.1 Å². The molecule has 6 heteroatoms. The lowest BCUT2D eigenvalue weighted by molar-refractivity contribution is 0.209. The Balaban J connectivity index is 4.16.